The van der Waals surface area contributed by atoms with Crippen LogP contribution in [0.4, 0.5) is 5.69 Å². The van der Waals surface area contributed by atoms with Crippen LogP contribution in [0.2, 0.25) is 0 Å². The predicted molar refractivity (Wildman–Crippen MR) is 197 cm³/mol. The molecule has 9 rings (SSSR count). The molecule has 9 aromatic rings. The van der Waals surface area contributed by atoms with Gasteiger partial charge in [-0.05, 0) is 71.3 Å². The molecule has 0 fully saturated rings. The van der Waals surface area contributed by atoms with Gasteiger partial charge in [-0.1, -0.05) is 103 Å². The summed E-state index contributed by atoms with van der Waals surface area (Å²) in [7, 11) is 0. The Bertz CT molecular complexity index is 2750. The second kappa shape index (κ2) is 10.9. The summed E-state index contributed by atoms with van der Waals surface area (Å²) in [5.74, 6) is 0. The van der Waals surface area contributed by atoms with Crippen molar-refractivity contribution in [1.82, 2.24) is 9.13 Å². The third-order valence-corrected chi connectivity index (χ3v) is 9.39. The van der Waals surface area contributed by atoms with E-state index in [4.69, 9.17) is 6.57 Å². The molecule has 0 bridgehead atoms. The number of fused-ring (bicyclic) bond motifs is 6. The van der Waals surface area contributed by atoms with Crippen molar-refractivity contribution < 1.29 is 0 Å². The van der Waals surface area contributed by atoms with E-state index in [0.29, 0.717) is 11.3 Å². The Morgan fingerprint density at radius 1 is 0.479 bits per heavy atom. The average Bonchev–Trinajstić information content (AvgIpc) is 3.67. The van der Waals surface area contributed by atoms with Crippen molar-refractivity contribution >= 4 is 49.3 Å². The number of nitrogens with zero attached hydrogens (tertiary/aromatic N) is 4. The lowest BCUT2D eigenvalue weighted by Crippen LogP contribution is -1.98. The topological polar surface area (TPSA) is 38.0 Å². The van der Waals surface area contributed by atoms with Crippen molar-refractivity contribution in [3.8, 4) is 39.7 Å². The van der Waals surface area contributed by atoms with Crippen molar-refractivity contribution in [2.75, 3.05) is 0 Å². The van der Waals surface area contributed by atoms with Crippen molar-refractivity contribution in [3.05, 3.63) is 175 Å². The highest BCUT2D eigenvalue weighted by Gasteiger charge is 2.19. The second-order valence-electron chi connectivity index (χ2n) is 12.0. The van der Waals surface area contributed by atoms with Crippen LogP contribution in [0.15, 0.2) is 158 Å². The highest BCUT2D eigenvalue weighted by atomic mass is 15.0. The van der Waals surface area contributed by atoms with E-state index in [1.165, 1.54) is 21.8 Å². The van der Waals surface area contributed by atoms with Gasteiger partial charge in [-0.15, -0.1) is 0 Å². The van der Waals surface area contributed by atoms with Crippen molar-refractivity contribution in [3.63, 3.8) is 0 Å². The first-order chi connectivity index (χ1) is 23.7. The van der Waals surface area contributed by atoms with Gasteiger partial charge in [0.1, 0.15) is 0 Å². The summed E-state index contributed by atoms with van der Waals surface area (Å²) in [6.45, 7) is 7.70. The molecule has 0 spiro atoms. The summed E-state index contributed by atoms with van der Waals surface area (Å²) in [6.07, 6.45) is 0. The van der Waals surface area contributed by atoms with Gasteiger partial charge in [-0.25, -0.2) is 4.85 Å². The fraction of sp³-hybridized carbons (Fsp3) is 0. The summed E-state index contributed by atoms with van der Waals surface area (Å²) in [5, 5.41) is 14.7. The minimum Gasteiger partial charge on any atom is -0.310 e. The number of aromatic nitrogens is 2. The third-order valence-electron chi connectivity index (χ3n) is 9.39. The van der Waals surface area contributed by atoms with Crippen LogP contribution in [-0.2, 0) is 0 Å². The van der Waals surface area contributed by atoms with Gasteiger partial charge in [0.2, 0.25) is 0 Å². The second-order valence-corrected chi connectivity index (χ2v) is 12.0. The van der Waals surface area contributed by atoms with Crippen molar-refractivity contribution in [2.45, 2.75) is 0 Å². The van der Waals surface area contributed by atoms with E-state index in [-0.39, 0.29) is 0 Å². The lowest BCUT2D eigenvalue weighted by Gasteiger charge is -2.18. The number of para-hydroxylation sites is 4. The normalized spacial score (nSPS) is 11.3. The molecule has 0 atom stereocenters. The van der Waals surface area contributed by atoms with Gasteiger partial charge in [0.25, 0.3) is 0 Å². The van der Waals surface area contributed by atoms with Crippen LogP contribution in [0, 0.1) is 17.9 Å². The lowest BCUT2D eigenvalue weighted by atomic mass is 9.91. The molecule has 0 saturated carbocycles. The SMILES string of the molecule is [C-]#[N+]c1ccc2c3ccccc3n(-c3ccccc3-c3cc(C#N)ccc3-c3ccc(-n4c5ccccc5c5ccccc54)cc3)c2c1. The average molecular weight is 611 g/mol. The molecule has 0 aliphatic rings. The highest BCUT2D eigenvalue weighted by Crippen LogP contribution is 2.41. The molecule has 0 saturated heterocycles. The van der Waals surface area contributed by atoms with Gasteiger partial charge in [-0.3, -0.25) is 0 Å². The Kier molecular flexibility index (Phi) is 6.22. The van der Waals surface area contributed by atoms with E-state index < -0.39 is 0 Å². The standard InChI is InChI=1S/C44H26N4/c1-46-31-21-25-38-36-12-4-8-16-42(36)48(44(38)27-31)43-17-9-5-13-37(43)39-26-29(28-45)18-24-33(39)30-19-22-32(23-20-30)47-40-14-6-2-10-34(40)35-11-3-7-15-41(35)47/h2-27H. The Morgan fingerprint density at radius 2 is 1.06 bits per heavy atom. The molecule has 4 nitrogen and oxygen atoms in total. The Balaban J connectivity index is 1.24. The molecule has 2 aromatic heterocycles. The van der Waals surface area contributed by atoms with Gasteiger partial charge in [-0.2, -0.15) is 5.26 Å². The zero-order valence-electron chi connectivity index (χ0n) is 25.8. The highest BCUT2D eigenvalue weighted by molar-refractivity contribution is 6.11. The van der Waals surface area contributed by atoms with Crippen LogP contribution in [0.1, 0.15) is 5.56 Å². The first-order valence-electron chi connectivity index (χ1n) is 15.9. The van der Waals surface area contributed by atoms with Gasteiger partial charge in [0, 0.05) is 38.3 Å². The maximum atomic E-state index is 9.99. The van der Waals surface area contributed by atoms with Crippen LogP contribution < -0.4 is 0 Å². The maximum absolute atomic E-state index is 9.99. The number of hydrogen-bond donors (Lipinski definition) is 0. The lowest BCUT2D eigenvalue weighted by molar-refractivity contribution is 1.18. The minimum atomic E-state index is 0.597. The van der Waals surface area contributed by atoms with E-state index in [0.717, 1.165) is 55.4 Å². The first-order valence-corrected chi connectivity index (χ1v) is 15.9. The Morgan fingerprint density at radius 3 is 1.71 bits per heavy atom. The molecule has 0 amide bonds. The number of rotatable bonds is 4. The molecule has 222 valence electrons. The van der Waals surface area contributed by atoms with Crippen LogP contribution in [0.3, 0.4) is 0 Å². The molecule has 4 heteroatoms. The fourth-order valence-electron chi connectivity index (χ4n) is 7.26. The van der Waals surface area contributed by atoms with Crippen molar-refractivity contribution in [1.29, 1.82) is 5.26 Å². The summed E-state index contributed by atoms with van der Waals surface area (Å²) >= 11 is 0. The van der Waals surface area contributed by atoms with Gasteiger partial charge in [0.05, 0.1) is 40.4 Å². The van der Waals surface area contributed by atoms with Gasteiger partial charge >= 0.3 is 0 Å². The van der Waals surface area contributed by atoms with E-state index in [1.807, 2.05) is 42.5 Å². The minimum absolute atomic E-state index is 0.597. The van der Waals surface area contributed by atoms with Crippen molar-refractivity contribution in [2.24, 2.45) is 0 Å². The zero-order chi connectivity index (χ0) is 32.2. The smallest absolute Gasteiger partial charge is 0.189 e. The summed E-state index contributed by atoms with van der Waals surface area (Å²) in [4.78, 5) is 3.74. The summed E-state index contributed by atoms with van der Waals surface area (Å²) in [5.41, 5.74) is 11.7. The van der Waals surface area contributed by atoms with E-state index in [9.17, 15) is 5.26 Å². The molecule has 0 N–H and O–H groups in total. The van der Waals surface area contributed by atoms with Crippen LogP contribution in [-0.4, -0.2) is 9.13 Å². The van der Waals surface area contributed by atoms with Crippen LogP contribution in [0.25, 0.3) is 82.1 Å². The maximum Gasteiger partial charge on any atom is 0.189 e. The predicted octanol–water partition coefficient (Wildman–Crippen LogP) is 11.6. The van der Waals surface area contributed by atoms with Gasteiger partial charge in [0.15, 0.2) is 5.69 Å². The molecule has 0 unspecified atom stereocenters. The molecular weight excluding hydrogens is 585 g/mol. The molecule has 0 aliphatic heterocycles. The third kappa shape index (κ3) is 4.14. The quantitative estimate of drug-likeness (QED) is 0.183. The van der Waals surface area contributed by atoms with E-state index in [2.05, 4.69) is 135 Å². The number of nitriles is 1. The van der Waals surface area contributed by atoms with E-state index >= 15 is 0 Å². The van der Waals surface area contributed by atoms with Gasteiger partial charge < -0.3 is 9.13 Å². The fourth-order valence-corrected chi connectivity index (χ4v) is 7.26. The molecule has 7 aromatic carbocycles. The summed E-state index contributed by atoms with van der Waals surface area (Å²) < 4.78 is 4.58. The molecule has 2 heterocycles. The molecule has 48 heavy (non-hydrogen) atoms. The Hall–Kier alpha value is -6.88. The monoisotopic (exact) mass is 610 g/mol. The zero-order valence-corrected chi connectivity index (χ0v) is 25.8. The Labute approximate surface area is 277 Å². The molecule has 0 radical (unpaired) electrons. The first kappa shape index (κ1) is 27.4. The largest absolute Gasteiger partial charge is 0.310 e. The molecule has 0 aliphatic carbocycles. The van der Waals surface area contributed by atoms with E-state index in [1.54, 1.807) is 0 Å². The van der Waals surface area contributed by atoms with Crippen LogP contribution in [0.5, 0.6) is 0 Å². The number of hydrogen-bond acceptors (Lipinski definition) is 1. The summed E-state index contributed by atoms with van der Waals surface area (Å²) in [6, 6.07) is 56.7. The van der Waals surface area contributed by atoms with Crippen LogP contribution >= 0.6 is 0 Å². The molecular formula is C44H26N4. The number of benzene rings is 7.